The molecule has 5 nitrogen and oxygen atoms in total. The Morgan fingerprint density at radius 1 is 1.14 bits per heavy atom. The van der Waals surface area contributed by atoms with Crippen LogP contribution in [-0.2, 0) is 0 Å². The minimum absolute atomic E-state index is 0. The number of hydrogen-bond donors (Lipinski definition) is 0. The molecule has 10 heteroatoms. The van der Waals surface area contributed by atoms with E-state index < -0.39 is 4.92 Å². The van der Waals surface area contributed by atoms with Crippen molar-refractivity contribution in [2.45, 2.75) is 4.34 Å². The van der Waals surface area contributed by atoms with Crippen molar-refractivity contribution < 1.29 is 26.7 Å². The lowest BCUT2D eigenvalue weighted by Crippen LogP contribution is -3.00. The van der Waals surface area contributed by atoms with E-state index in [9.17, 15) is 14.9 Å². The number of carbonyl (C=O) groups excluding carboxylic acids is 1. The highest BCUT2D eigenvalue weighted by Crippen LogP contribution is 2.39. The number of aromatic nitrogens is 1. The maximum absolute atomic E-state index is 12.9. The molecule has 0 saturated carbocycles. The van der Waals surface area contributed by atoms with Crippen LogP contribution in [-0.4, -0.2) is 10.8 Å². The fourth-order valence-corrected chi connectivity index (χ4v) is 5.28. The Labute approximate surface area is 184 Å². The Kier molecular flexibility index (Phi) is 6.12. The molecule has 0 saturated heterocycles. The van der Waals surface area contributed by atoms with Gasteiger partial charge in [-0.2, -0.15) is 0 Å². The van der Waals surface area contributed by atoms with Gasteiger partial charge in [-0.3, -0.25) is 10.1 Å². The lowest BCUT2D eigenvalue weighted by molar-refractivity contribution is -0.588. The number of fused-ring (bicyclic) bond motifs is 1. The second-order valence-electron chi connectivity index (χ2n) is 5.61. The SMILES string of the molecule is O=C1/C(=C/c2ccc(Cl)cc2Cl)Sc2scc(-c3cccc([N+](=O)[O-])c3)[n+]21.[Cl-]. The molecular formula is C18H9Cl3N2O3S2. The summed E-state index contributed by atoms with van der Waals surface area (Å²) in [6.07, 6.45) is 1.72. The van der Waals surface area contributed by atoms with E-state index >= 15 is 0 Å². The molecule has 2 heterocycles. The Hall–Kier alpha value is -1.90. The first kappa shape index (κ1) is 20.8. The van der Waals surface area contributed by atoms with Gasteiger partial charge in [-0.1, -0.05) is 46.7 Å². The Morgan fingerprint density at radius 3 is 2.64 bits per heavy atom. The topological polar surface area (TPSA) is 64.1 Å². The van der Waals surface area contributed by atoms with Gasteiger partial charge in [0.05, 0.1) is 15.9 Å². The van der Waals surface area contributed by atoms with Crippen LogP contribution in [0.2, 0.25) is 10.0 Å². The lowest BCUT2D eigenvalue weighted by atomic mass is 10.1. The van der Waals surface area contributed by atoms with Gasteiger partial charge in [0.15, 0.2) is 0 Å². The molecule has 28 heavy (non-hydrogen) atoms. The first-order chi connectivity index (χ1) is 12.9. The molecule has 0 atom stereocenters. The molecule has 1 aliphatic rings. The van der Waals surface area contributed by atoms with Gasteiger partial charge in [0.2, 0.25) is 5.69 Å². The number of thiazole rings is 1. The summed E-state index contributed by atoms with van der Waals surface area (Å²) in [6, 6.07) is 11.3. The van der Waals surface area contributed by atoms with Crippen LogP contribution in [0.3, 0.4) is 0 Å². The number of nitro groups is 1. The molecule has 0 spiro atoms. The average Bonchev–Trinajstić information content (AvgIpc) is 3.18. The van der Waals surface area contributed by atoms with Crippen molar-refractivity contribution in [2.24, 2.45) is 0 Å². The van der Waals surface area contributed by atoms with Gasteiger partial charge in [0, 0.05) is 33.9 Å². The summed E-state index contributed by atoms with van der Waals surface area (Å²) in [5, 5.41) is 13.8. The number of benzene rings is 2. The van der Waals surface area contributed by atoms with Gasteiger partial charge < -0.3 is 12.4 Å². The van der Waals surface area contributed by atoms with Gasteiger partial charge in [-0.25, -0.2) is 4.79 Å². The number of hydrogen-bond acceptors (Lipinski definition) is 5. The summed E-state index contributed by atoms with van der Waals surface area (Å²) in [5.74, 6) is -0.191. The number of nitrogens with zero attached hydrogens (tertiary/aromatic N) is 2. The third-order valence-electron chi connectivity index (χ3n) is 3.91. The zero-order valence-corrected chi connectivity index (χ0v) is 17.7. The highest BCUT2D eigenvalue weighted by molar-refractivity contribution is 8.05. The molecule has 3 aromatic rings. The quantitative estimate of drug-likeness (QED) is 0.255. The molecule has 0 bridgehead atoms. The Morgan fingerprint density at radius 2 is 1.93 bits per heavy atom. The molecular weight excluding hydrogens is 463 g/mol. The van der Waals surface area contributed by atoms with E-state index in [1.54, 1.807) is 41.0 Å². The van der Waals surface area contributed by atoms with Crippen LogP contribution in [0.4, 0.5) is 5.69 Å². The Balaban J connectivity index is 0.00000225. The van der Waals surface area contributed by atoms with Crippen molar-refractivity contribution in [1.29, 1.82) is 0 Å². The minimum Gasteiger partial charge on any atom is -1.00 e. The molecule has 0 fully saturated rings. The maximum atomic E-state index is 12.9. The van der Waals surface area contributed by atoms with Crippen LogP contribution < -0.4 is 17.0 Å². The molecule has 142 valence electrons. The van der Waals surface area contributed by atoms with Crippen LogP contribution in [0, 0.1) is 10.1 Å². The van der Waals surface area contributed by atoms with E-state index in [0.717, 1.165) is 4.34 Å². The molecule has 2 aromatic carbocycles. The largest absolute Gasteiger partial charge is 1.00 e. The summed E-state index contributed by atoms with van der Waals surface area (Å²) >= 11 is 14.9. The van der Waals surface area contributed by atoms with Gasteiger partial charge in [-0.15, -0.1) is 4.57 Å². The standard InChI is InChI=1S/C18H9Cl2N2O3S2.ClH/c19-12-5-4-10(14(20)8-12)7-16-17(23)21-15(9-26-18(21)27-16)11-2-1-3-13(6-11)22(24)25;/h1-9H;1H/q+1;/p-1/b16-7-;. The van der Waals surface area contributed by atoms with Crippen molar-refractivity contribution in [1.82, 2.24) is 0 Å². The number of halogens is 3. The molecule has 0 radical (unpaired) electrons. The normalized spacial score (nSPS) is 14.1. The highest BCUT2D eigenvalue weighted by atomic mass is 35.5. The van der Waals surface area contributed by atoms with E-state index in [4.69, 9.17) is 23.2 Å². The number of non-ortho nitro benzene ring substituents is 1. The van der Waals surface area contributed by atoms with E-state index in [0.29, 0.717) is 31.8 Å². The van der Waals surface area contributed by atoms with Gasteiger partial charge in [0.1, 0.15) is 4.91 Å². The average molecular weight is 472 g/mol. The van der Waals surface area contributed by atoms with Gasteiger partial charge in [0.25, 0.3) is 5.69 Å². The smallest absolute Gasteiger partial charge is 0.433 e. The molecule has 0 aliphatic carbocycles. The van der Waals surface area contributed by atoms with E-state index in [1.165, 1.54) is 35.2 Å². The number of allylic oxidation sites excluding steroid dienone is 1. The summed E-state index contributed by atoms with van der Waals surface area (Å²) in [4.78, 5) is 24.0. The van der Waals surface area contributed by atoms with E-state index in [2.05, 4.69) is 0 Å². The molecule has 0 amide bonds. The summed E-state index contributed by atoms with van der Waals surface area (Å²) in [7, 11) is 0. The molecule has 0 N–H and O–H groups in total. The first-order valence-electron chi connectivity index (χ1n) is 7.62. The van der Waals surface area contributed by atoms with Crippen molar-refractivity contribution in [3.8, 4) is 11.3 Å². The summed E-state index contributed by atoms with van der Waals surface area (Å²) < 4.78 is 2.36. The fraction of sp³-hybridized carbons (Fsp3) is 0. The number of thioether (sulfide) groups is 1. The summed E-state index contributed by atoms with van der Waals surface area (Å²) in [5.41, 5.74) is 1.92. The summed E-state index contributed by atoms with van der Waals surface area (Å²) in [6.45, 7) is 0. The second-order valence-corrected chi connectivity index (χ2v) is 8.60. The number of nitro benzene ring substituents is 1. The monoisotopic (exact) mass is 470 g/mol. The van der Waals surface area contributed by atoms with Gasteiger partial charge >= 0.3 is 10.2 Å². The van der Waals surface area contributed by atoms with E-state index in [-0.39, 0.29) is 24.0 Å². The van der Waals surface area contributed by atoms with E-state index in [1.807, 2.05) is 5.38 Å². The first-order valence-corrected chi connectivity index (χ1v) is 10.1. The molecule has 1 aliphatic heterocycles. The second kappa shape index (κ2) is 8.23. The molecule has 1 aromatic heterocycles. The third-order valence-corrected chi connectivity index (χ3v) is 6.60. The highest BCUT2D eigenvalue weighted by Gasteiger charge is 2.41. The number of rotatable bonds is 3. The molecule has 0 unspecified atom stereocenters. The lowest BCUT2D eigenvalue weighted by Gasteiger charge is -1.99. The molecule has 4 rings (SSSR count). The maximum Gasteiger partial charge on any atom is 0.433 e. The Bertz CT molecular complexity index is 1140. The minimum atomic E-state index is -0.453. The van der Waals surface area contributed by atoms with Crippen LogP contribution in [0.1, 0.15) is 10.4 Å². The predicted octanol–water partition coefficient (Wildman–Crippen LogP) is 2.71. The fourth-order valence-electron chi connectivity index (χ4n) is 2.65. The van der Waals surface area contributed by atoms with Crippen molar-refractivity contribution in [3.63, 3.8) is 0 Å². The van der Waals surface area contributed by atoms with Gasteiger partial charge in [-0.05, 0) is 29.8 Å². The van der Waals surface area contributed by atoms with Crippen LogP contribution in [0.5, 0.6) is 0 Å². The zero-order valence-electron chi connectivity index (χ0n) is 13.8. The zero-order chi connectivity index (χ0) is 19.1. The van der Waals surface area contributed by atoms with Crippen molar-refractivity contribution in [3.05, 3.63) is 78.5 Å². The number of carbonyl (C=O) groups is 1. The predicted molar refractivity (Wildman–Crippen MR) is 108 cm³/mol. The third kappa shape index (κ3) is 3.81. The van der Waals surface area contributed by atoms with Crippen molar-refractivity contribution >= 4 is 64.0 Å². The van der Waals surface area contributed by atoms with Crippen LogP contribution in [0.15, 0.2) is 57.1 Å². The van der Waals surface area contributed by atoms with Crippen LogP contribution in [0.25, 0.3) is 17.3 Å². The van der Waals surface area contributed by atoms with Crippen molar-refractivity contribution in [2.75, 3.05) is 0 Å². The van der Waals surface area contributed by atoms with Crippen LogP contribution >= 0.6 is 46.3 Å².